The number of imidazole rings is 1. The Morgan fingerprint density at radius 2 is 1.81 bits per heavy atom. The predicted molar refractivity (Wildman–Crippen MR) is 104 cm³/mol. The number of amides is 1. The number of hydrogen-bond acceptors (Lipinski definition) is 5. The number of hydrogen-bond donors (Lipinski definition) is 2. The molecule has 0 saturated carbocycles. The summed E-state index contributed by atoms with van der Waals surface area (Å²) >= 11 is 0. The van der Waals surface area contributed by atoms with Crippen molar-refractivity contribution in [3.05, 3.63) is 48.0 Å². The van der Waals surface area contributed by atoms with Gasteiger partial charge in [0.2, 0.25) is 21.5 Å². The molecule has 31 heavy (non-hydrogen) atoms. The third kappa shape index (κ3) is 4.75. The van der Waals surface area contributed by atoms with E-state index in [2.05, 4.69) is 10.3 Å². The predicted octanol–water partition coefficient (Wildman–Crippen LogP) is 1.66. The number of carbonyl (C=O) groups excluding carboxylic acids is 1. The molecule has 1 aromatic heterocycles. The zero-order valence-corrected chi connectivity index (χ0v) is 17.6. The van der Waals surface area contributed by atoms with E-state index >= 15 is 0 Å². The van der Waals surface area contributed by atoms with Crippen LogP contribution in [0, 0.1) is 0 Å². The summed E-state index contributed by atoms with van der Waals surface area (Å²) in [6.07, 6.45) is -2.42. The van der Waals surface area contributed by atoms with Gasteiger partial charge < -0.3 is 15.0 Å². The number of aryl methyl sites for hydroxylation is 1. The van der Waals surface area contributed by atoms with Crippen LogP contribution in [0.25, 0.3) is 0 Å². The molecular formula is C19H23F3N4O4S. The van der Waals surface area contributed by atoms with Crippen molar-refractivity contribution >= 4 is 15.9 Å². The number of nitrogens with one attached hydrogen (secondary N) is 1. The van der Waals surface area contributed by atoms with Gasteiger partial charge in [0, 0.05) is 39.1 Å². The van der Waals surface area contributed by atoms with Gasteiger partial charge in [-0.05, 0) is 30.5 Å². The molecule has 1 fully saturated rings. The van der Waals surface area contributed by atoms with Gasteiger partial charge in [0.05, 0.1) is 11.3 Å². The zero-order chi connectivity index (χ0) is 22.9. The molecule has 3 rings (SSSR count). The lowest BCUT2D eigenvalue weighted by atomic mass is 9.97. The Hall–Kier alpha value is -2.44. The van der Waals surface area contributed by atoms with Crippen molar-refractivity contribution in [2.75, 3.05) is 13.1 Å². The Bertz CT molecular complexity index is 1030. The Morgan fingerprint density at radius 1 is 1.19 bits per heavy atom. The molecule has 1 aromatic carbocycles. The maximum absolute atomic E-state index is 13.5. The van der Waals surface area contributed by atoms with Gasteiger partial charge in [-0.15, -0.1) is 0 Å². The van der Waals surface area contributed by atoms with Crippen LogP contribution in [-0.4, -0.2) is 52.6 Å². The number of nitrogens with zero attached hydrogens (tertiary/aromatic N) is 3. The molecule has 1 unspecified atom stereocenters. The van der Waals surface area contributed by atoms with E-state index < -0.39 is 40.0 Å². The summed E-state index contributed by atoms with van der Waals surface area (Å²) in [5, 5.41) is 12.6. The molecule has 170 valence electrons. The highest BCUT2D eigenvalue weighted by atomic mass is 32.2. The molecule has 1 atom stereocenters. The molecule has 1 saturated heterocycles. The van der Waals surface area contributed by atoms with Crippen LogP contribution in [-0.2, 0) is 34.0 Å². The standard InChI is InChI=1S/C19H23F3N4O4S/c1-25-11-8-23-17(25)18(28,19(20,21)22)12-16(27)24-13-14-4-6-15(7-5-14)31(29,30)26-9-2-3-10-26/h4-8,11,28H,2-3,9-10,12-13H2,1H3,(H,24,27). The Balaban J connectivity index is 1.65. The van der Waals surface area contributed by atoms with Gasteiger partial charge in [0.15, 0.2) is 5.82 Å². The van der Waals surface area contributed by atoms with E-state index in [9.17, 15) is 31.5 Å². The van der Waals surface area contributed by atoms with Crippen molar-refractivity contribution in [1.29, 1.82) is 0 Å². The molecule has 0 radical (unpaired) electrons. The van der Waals surface area contributed by atoms with E-state index in [-0.39, 0.29) is 11.4 Å². The van der Waals surface area contributed by atoms with Crippen molar-refractivity contribution in [2.45, 2.75) is 42.5 Å². The molecule has 0 aliphatic carbocycles. The highest BCUT2D eigenvalue weighted by Crippen LogP contribution is 2.40. The van der Waals surface area contributed by atoms with Gasteiger partial charge in [-0.25, -0.2) is 13.4 Å². The Kier molecular flexibility index (Phi) is 6.44. The minimum atomic E-state index is -5.12. The second-order valence-electron chi connectivity index (χ2n) is 7.43. The van der Waals surface area contributed by atoms with Crippen LogP contribution in [0.3, 0.4) is 0 Å². The number of alkyl halides is 3. The normalized spacial score (nSPS) is 17.5. The minimum Gasteiger partial charge on any atom is -0.374 e. The van der Waals surface area contributed by atoms with E-state index in [0.29, 0.717) is 18.7 Å². The Morgan fingerprint density at radius 3 is 2.32 bits per heavy atom. The van der Waals surface area contributed by atoms with Crippen molar-refractivity contribution < 1.29 is 31.5 Å². The zero-order valence-electron chi connectivity index (χ0n) is 16.8. The maximum atomic E-state index is 13.5. The second-order valence-corrected chi connectivity index (χ2v) is 9.37. The summed E-state index contributed by atoms with van der Waals surface area (Å²) in [7, 11) is -2.29. The molecule has 1 aliphatic heterocycles. The first-order valence-corrected chi connectivity index (χ1v) is 11.0. The first kappa shape index (κ1) is 23.2. The average Bonchev–Trinajstić information content (AvgIpc) is 3.38. The van der Waals surface area contributed by atoms with Gasteiger partial charge >= 0.3 is 6.18 Å². The second kappa shape index (κ2) is 8.60. The lowest BCUT2D eigenvalue weighted by Gasteiger charge is -2.29. The van der Waals surface area contributed by atoms with Crippen molar-refractivity contribution in [1.82, 2.24) is 19.2 Å². The number of sulfonamides is 1. The van der Waals surface area contributed by atoms with Crippen LogP contribution < -0.4 is 5.32 Å². The fourth-order valence-electron chi connectivity index (χ4n) is 3.42. The molecular weight excluding hydrogens is 437 g/mol. The topological polar surface area (TPSA) is 105 Å². The van der Waals surface area contributed by atoms with E-state index in [1.54, 1.807) is 0 Å². The molecule has 0 spiro atoms. The number of carbonyl (C=O) groups is 1. The number of aliphatic hydroxyl groups is 1. The number of halogens is 3. The summed E-state index contributed by atoms with van der Waals surface area (Å²) in [5.41, 5.74) is -2.94. The monoisotopic (exact) mass is 460 g/mol. The smallest absolute Gasteiger partial charge is 0.374 e. The third-order valence-corrected chi connectivity index (χ3v) is 7.11. The minimum absolute atomic E-state index is 0.116. The quantitative estimate of drug-likeness (QED) is 0.654. The fourth-order valence-corrected chi connectivity index (χ4v) is 4.94. The van der Waals surface area contributed by atoms with Gasteiger partial charge in [-0.2, -0.15) is 17.5 Å². The summed E-state index contributed by atoms with van der Waals surface area (Å²) in [6.45, 7) is 0.813. The first-order chi connectivity index (χ1) is 14.4. The van der Waals surface area contributed by atoms with Crippen molar-refractivity contribution in [2.24, 2.45) is 7.05 Å². The molecule has 0 bridgehead atoms. The summed E-state index contributed by atoms with van der Waals surface area (Å²) < 4.78 is 68.0. The van der Waals surface area contributed by atoms with Gasteiger partial charge in [0.1, 0.15) is 0 Å². The summed E-state index contributed by atoms with van der Waals surface area (Å²) in [6, 6.07) is 5.76. The number of rotatable bonds is 7. The van der Waals surface area contributed by atoms with Gasteiger partial charge in [-0.3, -0.25) is 4.79 Å². The van der Waals surface area contributed by atoms with Crippen LogP contribution in [0.15, 0.2) is 41.6 Å². The number of aromatic nitrogens is 2. The summed E-state index contributed by atoms with van der Waals surface area (Å²) in [5.74, 6) is -1.72. The summed E-state index contributed by atoms with van der Waals surface area (Å²) in [4.78, 5) is 15.8. The van der Waals surface area contributed by atoms with Gasteiger partial charge in [-0.1, -0.05) is 12.1 Å². The highest BCUT2D eigenvalue weighted by Gasteiger charge is 2.58. The van der Waals surface area contributed by atoms with Crippen LogP contribution in [0.1, 0.15) is 30.7 Å². The lowest BCUT2D eigenvalue weighted by molar-refractivity contribution is -0.271. The van der Waals surface area contributed by atoms with E-state index in [4.69, 9.17) is 0 Å². The SMILES string of the molecule is Cn1ccnc1C(O)(CC(=O)NCc1ccc(S(=O)(=O)N2CCCC2)cc1)C(F)(F)F. The molecule has 2 aromatic rings. The maximum Gasteiger partial charge on any atom is 0.425 e. The first-order valence-electron chi connectivity index (χ1n) is 9.58. The van der Waals surface area contributed by atoms with E-state index in [0.717, 1.165) is 23.6 Å². The van der Waals surface area contributed by atoms with E-state index in [1.165, 1.54) is 41.8 Å². The molecule has 8 nitrogen and oxygen atoms in total. The van der Waals surface area contributed by atoms with E-state index in [1.807, 2.05) is 0 Å². The largest absolute Gasteiger partial charge is 0.425 e. The third-order valence-electron chi connectivity index (χ3n) is 5.19. The lowest BCUT2D eigenvalue weighted by Crippen LogP contribution is -2.47. The number of benzene rings is 1. The van der Waals surface area contributed by atoms with Crippen molar-refractivity contribution in [3.63, 3.8) is 0 Å². The highest BCUT2D eigenvalue weighted by molar-refractivity contribution is 7.89. The van der Waals surface area contributed by atoms with Gasteiger partial charge in [0.25, 0.3) is 0 Å². The molecule has 12 heteroatoms. The molecule has 2 heterocycles. The van der Waals surface area contributed by atoms with Crippen LogP contribution in [0.2, 0.25) is 0 Å². The fraction of sp³-hybridized carbons (Fsp3) is 0.474. The van der Waals surface area contributed by atoms with Crippen LogP contribution >= 0.6 is 0 Å². The Labute approximate surface area is 177 Å². The average molecular weight is 460 g/mol. The van der Waals surface area contributed by atoms with Crippen LogP contribution in [0.4, 0.5) is 13.2 Å². The molecule has 2 N–H and O–H groups in total. The molecule has 1 aliphatic rings. The molecule has 1 amide bonds. The van der Waals surface area contributed by atoms with Crippen LogP contribution in [0.5, 0.6) is 0 Å². The van der Waals surface area contributed by atoms with Crippen molar-refractivity contribution in [3.8, 4) is 0 Å².